The number of rotatable bonds is 3. The van der Waals surface area contributed by atoms with Gasteiger partial charge >= 0.3 is 0 Å². The maximum absolute atomic E-state index is 8.94. The maximum Gasteiger partial charge on any atom is 0.0674 e. The first-order chi connectivity index (χ1) is 7.72. The molecule has 2 rings (SSSR count). The highest BCUT2D eigenvalue weighted by Crippen LogP contribution is 2.15. The van der Waals surface area contributed by atoms with E-state index in [1.807, 2.05) is 36.0 Å². The van der Waals surface area contributed by atoms with Crippen molar-refractivity contribution in [2.45, 2.75) is 20.3 Å². The number of benzene rings is 1. The molecule has 0 bridgehead atoms. The molecule has 84 valence electrons. The molecule has 1 heterocycles. The van der Waals surface area contributed by atoms with Crippen LogP contribution in [0.1, 0.15) is 16.8 Å². The number of para-hydroxylation sites is 1. The van der Waals surface area contributed by atoms with Crippen molar-refractivity contribution in [1.82, 2.24) is 9.78 Å². The molecule has 3 heteroatoms. The fourth-order valence-corrected chi connectivity index (χ4v) is 1.81. The fraction of sp³-hybridized carbons (Fsp3) is 0.308. The third kappa shape index (κ3) is 1.99. The van der Waals surface area contributed by atoms with E-state index in [1.54, 1.807) is 0 Å². The topological polar surface area (TPSA) is 38.0 Å². The normalized spacial score (nSPS) is 10.7. The van der Waals surface area contributed by atoms with Gasteiger partial charge in [0, 0.05) is 12.8 Å². The SMILES string of the molecule is Cc1ccccc1-n1cc(CCO)c(C)n1. The van der Waals surface area contributed by atoms with E-state index in [2.05, 4.69) is 18.1 Å². The molecule has 0 spiro atoms. The van der Waals surface area contributed by atoms with Crippen molar-refractivity contribution in [3.63, 3.8) is 0 Å². The van der Waals surface area contributed by atoms with E-state index in [-0.39, 0.29) is 6.61 Å². The van der Waals surface area contributed by atoms with Crippen LogP contribution in [0, 0.1) is 13.8 Å². The number of hydrogen-bond donors (Lipinski definition) is 1. The van der Waals surface area contributed by atoms with Crippen molar-refractivity contribution >= 4 is 0 Å². The van der Waals surface area contributed by atoms with Crippen LogP contribution in [0.5, 0.6) is 0 Å². The standard InChI is InChI=1S/C13H16N2O/c1-10-5-3-4-6-13(10)15-9-12(7-8-16)11(2)14-15/h3-6,9,16H,7-8H2,1-2H3. The Morgan fingerprint density at radius 1 is 1.25 bits per heavy atom. The van der Waals surface area contributed by atoms with Gasteiger partial charge in [0.05, 0.1) is 11.4 Å². The second-order valence-corrected chi connectivity index (χ2v) is 3.94. The minimum absolute atomic E-state index is 0.167. The Hall–Kier alpha value is -1.61. The monoisotopic (exact) mass is 216 g/mol. The molecule has 0 aliphatic rings. The molecule has 0 amide bonds. The van der Waals surface area contributed by atoms with Crippen LogP contribution in [0.4, 0.5) is 0 Å². The molecule has 0 aliphatic carbocycles. The number of aliphatic hydroxyl groups excluding tert-OH is 1. The fourth-order valence-electron chi connectivity index (χ4n) is 1.81. The lowest BCUT2D eigenvalue weighted by molar-refractivity contribution is 0.299. The van der Waals surface area contributed by atoms with Crippen molar-refractivity contribution in [1.29, 1.82) is 0 Å². The van der Waals surface area contributed by atoms with Crippen molar-refractivity contribution in [3.05, 3.63) is 47.3 Å². The molecule has 0 aliphatic heterocycles. The summed E-state index contributed by atoms with van der Waals surface area (Å²) in [5, 5.41) is 13.4. The van der Waals surface area contributed by atoms with E-state index < -0.39 is 0 Å². The Kier molecular flexibility index (Phi) is 3.06. The summed E-state index contributed by atoms with van der Waals surface area (Å²) in [4.78, 5) is 0. The van der Waals surface area contributed by atoms with Gasteiger partial charge in [-0.2, -0.15) is 5.10 Å². The molecule has 1 aromatic carbocycles. The van der Waals surface area contributed by atoms with E-state index in [0.29, 0.717) is 6.42 Å². The van der Waals surface area contributed by atoms with Gasteiger partial charge in [0.2, 0.25) is 0 Å². The molecule has 2 aromatic rings. The minimum Gasteiger partial charge on any atom is -0.396 e. The number of aryl methyl sites for hydroxylation is 2. The first-order valence-electron chi connectivity index (χ1n) is 5.44. The maximum atomic E-state index is 8.94. The van der Waals surface area contributed by atoms with Gasteiger partial charge in [-0.05, 0) is 37.5 Å². The zero-order chi connectivity index (χ0) is 11.5. The zero-order valence-electron chi connectivity index (χ0n) is 9.64. The lowest BCUT2D eigenvalue weighted by Gasteiger charge is -2.04. The molecule has 16 heavy (non-hydrogen) atoms. The molecule has 0 fully saturated rings. The lowest BCUT2D eigenvalue weighted by Crippen LogP contribution is -1.97. The highest BCUT2D eigenvalue weighted by Gasteiger charge is 2.06. The molecule has 0 atom stereocenters. The van der Waals surface area contributed by atoms with E-state index >= 15 is 0 Å². The van der Waals surface area contributed by atoms with E-state index in [1.165, 1.54) is 5.56 Å². The van der Waals surface area contributed by atoms with E-state index in [4.69, 9.17) is 5.11 Å². The summed E-state index contributed by atoms with van der Waals surface area (Å²) in [6.07, 6.45) is 2.66. The second-order valence-electron chi connectivity index (χ2n) is 3.94. The zero-order valence-corrected chi connectivity index (χ0v) is 9.64. The molecule has 0 saturated heterocycles. The second kappa shape index (κ2) is 4.49. The Morgan fingerprint density at radius 2 is 2.00 bits per heavy atom. The van der Waals surface area contributed by atoms with Crippen LogP contribution in [0.15, 0.2) is 30.5 Å². The van der Waals surface area contributed by atoms with Crippen LogP contribution >= 0.6 is 0 Å². The average Bonchev–Trinajstić information content (AvgIpc) is 2.61. The molecule has 1 N–H and O–H groups in total. The van der Waals surface area contributed by atoms with Crippen molar-refractivity contribution in [3.8, 4) is 5.69 Å². The van der Waals surface area contributed by atoms with Gasteiger partial charge in [-0.1, -0.05) is 18.2 Å². The first kappa shape index (κ1) is 10.9. The molecular formula is C13H16N2O. The molecule has 0 unspecified atom stereocenters. The third-order valence-corrected chi connectivity index (χ3v) is 2.74. The van der Waals surface area contributed by atoms with E-state index in [0.717, 1.165) is 16.9 Å². The molecule has 3 nitrogen and oxygen atoms in total. The van der Waals surface area contributed by atoms with Gasteiger partial charge in [-0.3, -0.25) is 0 Å². The van der Waals surface area contributed by atoms with Crippen LogP contribution in [-0.2, 0) is 6.42 Å². The lowest BCUT2D eigenvalue weighted by atomic mass is 10.2. The Balaban J connectivity index is 2.42. The van der Waals surface area contributed by atoms with Gasteiger partial charge in [0.15, 0.2) is 0 Å². The predicted molar refractivity (Wildman–Crippen MR) is 63.8 cm³/mol. The summed E-state index contributed by atoms with van der Waals surface area (Å²) >= 11 is 0. The number of aliphatic hydroxyl groups is 1. The van der Waals surface area contributed by atoms with Gasteiger partial charge in [0.25, 0.3) is 0 Å². The van der Waals surface area contributed by atoms with Gasteiger partial charge in [0.1, 0.15) is 0 Å². The summed E-state index contributed by atoms with van der Waals surface area (Å²) in [5.74, 6) is 0. The van der Waals surface area contributed by atoms with Gasteiger partial charge < -0.3 is 5.11 Å². The number of aromatic nitrogens is 2. The summed E-state index contributed by atoms with van der Waals surface area (Å²) < 4.78 is 1.88. The number of hydrogen-bond acceptors (Lipinski definition) is 2. The van der Waals surface area contributed by atoms with Crippen LogP contribution in [0.2, 0.25) is 0 Å². The van der Waals surface area contributed by atoms with Crippen LogP contribution < -0.4 is 0 Å². The Bertz CT molecular complexity index is 488. The summed E-state index contributed by atoms with van der Waals surface area (Å²) in [6, 6.07) is 8.14. The van der Waals surface area contributed by atoms with Gasteiger partial charge in [-0.15, -0.1) is 0 Å². The summed E-state index contributed by atoms with van der Waals surface area (Å²) in [5.41, 5.74) is 4.37. The molecule has 0 radical (unpaired) electrons. The molecule has 0 saturated carbocycles. The predicted octanol–water partition coefficient (Wildman–Crippen LogP) is 2.02. The van der Waals surface area contributed by atoms with Gasteiger partial charge in [-0.25, -0.2) is 4.68 Å². The van der Waals surface area contributed by atoms with Crippen LogP contribution in [-0.4, -0.2) is 21.5 Å². The summed E-state index contributed by atoms with van der Waals surface area (Å²) in [6.45, 7) is 4.21. The largest absolute Gasteiger partial charge is 0.396 e. The van der Waals surface area contributed by atoms with Crippen molar-refractivity contribution in [2.75, 3.05) is 6.61 Å². The first-order valence-corrected chi connectivity index (χ1v) is 5.44. The molecular weight excluding hydrogens is 200 g/mol. The molecule has 1 aromatic heterocycles. The minimum atomic E-state index is 0.167. The van der Waals surface area contributed by atoms with Crippen LogP contribution in [0.3, 0.4) is 0 Å². The van der Waals surface area contributed by atoms with E-state index in [9.17, 15) is 0 Å². The quantitative estimate of drug-likeness (QED) is 0.852. The van der Waals surface area contributed by atoms with Crippen molar-refractivity contribution in [2.24, 2.45) is 0 Å². The Morgan fingerprint density at radius 3 is 2.69 bits per heavy atom. The third-order valence-electron chi connectivity index (χ3n) is 2.74. The summed E-state index contributed by atoms with van der Waals surface area (Å²) in [7, 11) is 0. The van der Waals surface area contributed by atoms with Crippen LogP contribution in [0.25, 0.3) is 5.69 Å². The Labute approximate surface area is 95.3 Å². The highest BCUT2D eigenvalue weighted by atomic mass is 16.2. The smallest absolute Gasteiger partial charge is 0.0674 e. The number of nitrogens with zero attached hydrogens (tertiary/aromatic N) is 2. The highest BCUT2D eigenvalue weighted by molar-refractivity contribution is 5.40. The average molecular weight is 216 g/mol. The van der Waals surface area contributed by atoms with Crippen molar-refractivity contribution < 1.29 is 5.11 Å².